The van der Waals surface area contributed by atoms with Crippen molar-refractivity contribution in [2.45, 2.75) is 19.9 Å². The van der Waals surface area contributed by atoms with Crippen LogP contribution in [0.1, 0.15) is 16.8 Å². The smallest absolute Gasteiger partial charge is 0.226 e. The number of aryl methyl sites for hydroxylation is 1. The molecule has 154 valence electrons. The van der Waals surface area contributed by atoms with E-state index in [-0.39, 0.29) is 35.6 Å². The van der Waals surface area contributed by atoms with Gasteiger partial charge in [0.1, 0.15) is 17.9 Å². The predicted octanol–water partition coefficient (Wildman–Crippen LogP) is 4.45. The van der Waals surface area contributed by atoms with Crippen molar-refractivity contribution in [2.75, 3.05) is 13.6 Å². The van der Waals surface area contributed by atoms with Gasteiger partial charge in [-0.25, -0.2) is 13.8 Å². The van der Waals surface area contributed by atoms with Crippen molar-refractivity contribution in [3.05, 3.63) is 77.2 Å². The zero-order chi connectivity index (χ0) is 19.9. The number of nitrogens with zero attached hydrogens (tertiary/aromatic N) is 2. The first-order valence-corrected chi connectivity index (χ1v) is 8.95. The number of aromatic nitrogens is 1. The van der Waals surface area contributed by atoms with Crippen LogP contribution in [0.5, 0.6) is 0 Å². The average molecular weight is 512 g/mol. The molecule has 0 saturated heterocycles. The highest BCUT2D eigenvalue weighted by molar-refractivity contribution is 14.0. The molecule has 3 aromatic rings. The van der Waals surface area contributed by atoms with E-state index in [1.807, 2.05) is 6.07 Å². The monoisotopic (exact) mass is 512 g/mol. The highest BCUT2D eigenvalue weighted by Gasteiger charge is 2.07. The standard InChI is InChI=1S/C21H22F2N4O.HI/c1-14-11-15(3-8-19(14)23)12-26-21(24-2)25-10-9-18-13-28-20(27-18)16-4-6-17(22)7-5-16;/h3-8,11,13H,9-10,12H2,1-2H3,(H2,24,25,26);1H. The molecule has 0 spiro atoms. The second-order valence-electron chi connectivity index (χ2n) is 6.34. The first-order chi connectivity index (χ1) is 13.5. The number of hydrogen-bond acceptors (Lipinski definition) is 3. The lowest BCUT2D eigenvalue weighted by Gasteiger charge is -2.12. The summed E-state index contributed by atoms with van der Waals surface area (Å²) in [5, 5.41) is 6.40. The Kier molecular flexibility index (Phi) is 8.56. The number of aliphatic imine (C=N–C) groups is 1. The number of rotatable bonds is 6. The highest BCUT2D eigenvalue weighted by atomic mass is 127. The Morgan fingerprint density at radius 3 is 2.55 bits per heavy atom. The number of benzene rings is 2. The van der Waals surface area contributed by atoms with Crippen LogP contribution in [0.2, 0.25) is 0 Å². The Morgan fingerprint density at radius 1 is 1.10 bits per heavy atom. The van der Waals surface area contributed by atoms with E-state index < -0.39 is 0 Å². The molecule has 1 aromatic heterocycles. The molecule has 0 aliphatic rings. The number of nitrogens with one attached hydrogen (secondary N) is 2. The summed E-state index contributed by atoms with van der Waals surface area (Å²) in [7, 11) is 1.69. The Hall–Kier alpha value is -2.49. The van der Waals surface area contributed by atoms with E-state index in [1.165, 1.54) is 18.2 Å². The molecule has 3 rings (SSSR count). The van der Waals surface area contributed by atoms with Crippen molar-refractivity contribution >= 4 is 29.9 Å². The lowest BCUT2D eigenvalue weighted by molar-refractivity contribution is 0.571. The molecule has 2 aromatic carbocycles. The van der Waals surface area contributed by atoms with Crippen molar-refractivity contribution < 1.29 is 13.2 Å². The lowest BCUT2D eigenvalue weighted by atomic mass is 10.1. The Labute approximate surface area is 185 Å². The van der Waals surface area contributed by atoms with Gasteiger partial charge in [-0.2, -0.15) is 0 Å². The maximum absolute atomic E-state index is 13.3. The number of halogens is 3. The van der Waals surface area contributed by atoms with E-state index in [0.29, 0.717) is 36.9 Å². The zero-order valence-corrected chi connectivity index (χ0v) is 18.5. The maximum Gasteiger partial charge on any atom is 0.226 e. The fraction of sp³-hybridized carbons (Fsp3) is 0.238. The van der Waals surface area contributed by atoms with Crippen molar-refractivity contribution in [1.82, 2.24) is 15.6 Å². The third-order valence-corrected chi connectivity index (χ3v) is 4.22. The van der Waals surface area contributed by atoms with Gasteiger partial charge in [-0.1, -0.05) is 12.1 Å². The van der Waals surface area contributed by atoms with E-state index in [2.05, 4.69) is 20.6 Å². The molecule has 0 unspecified atom stereocenters. The summed E-state index contributed by atoms with van der Waals surface area (Å²) in [6.45, 7) is 2.89. The van der Waals surface area contributed by atoms with E-state index in [1.54, 1.807) is 38.4 Å². The SMILES string of the molecule is CN=C(NCCc1coc(-c2ccc(F)cc2)n1)NCc1ccc(F)c(C)c1.I. The minimum Gasteiger partial charge on any atom is -0.444 e. The van der Waals surface area contributed by atoms with Gasteiger partial charge in [0.2, 0.25) is 5.89 Å². The largest absolute Gasteiger partial charge is 0.444 e. The summed E-state index contributed by atoms with van der Waals surface area (Å²) in [5.41, 5.74) is 3.11. The molecule has 0 aliphatic heterocycles. The minimum atomic E-state index is -0.297. The highest BCUT2D eigenvalue weighted by Crippen LogP contribution is 2.19. The molecule has 29 heavy (non-hydrogen) atoms. The van der Waals surface area contributed by atoms with Crippen LogP contribution in [0.25, 0.3) is 11.5 Å². The molecule has 0 fully saturated rings. The van der Waals surface area contributed by atoms with Gasteiger partial charge in [-0.05, 0) is 48.4 Å². The quantitative estimate of drug-likeness (QED) is 0.291. The van der Waals surface area contributed by atoms with Gasteiger partial charge < -0.3 is 15.1 Å². The first-order valence-electron chi connectivity index (χ1n) is 8.95. The molecular weight excluding hydrogens is 489 g/mol. The third kappa shape index (κ3) is 6.52. The number of hydrogen-bond donors (Lipinski definition) is 2. The van der Waals surface area contributed by atoms with Gasteiger partial charge in [-0.3, -0.25) is 4.99 Å². The van der Waals surface area contributed by atoms with Gasteiger partial charge in [0.05, 0.1) is 5.69 Å². The lowest BCUT2D eigenvalue weighted by Crippen LogP contribution is -2.37. The van der Waals surface area contributed by atoms with Gasteiger partial charge in [0.25, 0.3) is 0 Å². The van der Waals surface area contributed by atoms with Crippen LogP contribution in [0.3, 0.4) is 0 Å². The molecule has 0 aliphatic carbocycles. The van der Waals surface area contributed by atoms with Crippen LogP contribution in [-0.4, -0.2) is 24.5 Å². The number of guanidine groups is 1. The van der Waals surface area contributed by atoms with E-state index >= 15 is 0 Å². The molecule has 1 heterocycles. The third-order valence-electron chi connectivity index (χ3n) is 4.22. The minimum absolute atomic E-state index is 0. The van der Waals surface area contributed by atoms with Gasteiger partial charge >= 0.3 is 0 Å². The molecule has 0 radical (unpaired) electrons. The van der Waals surface area contributed by atoms with Crippen molar-refractivity contribution in [3.8, 4) is 11.5 Å². The van der Waals surface area contributed by atoms with E-state index in [4.69, 9.17) is 4.42 Å². The van der Waals surface area contributed by atoms with Crippen molar-refractivity contribution in [1.29, 1.82) is 0 Å². The molecule has 2 N–H and O–H groups in total. The summed E-state index contributed by atoms with van der Waals surface area (Å²) < 4.78 is 31.8. The molecule has 0 amide bonds. The maximum atomic E-state index is 13.3. The van der Waals surface area contributed by atoms with Crippen molar-refractivity contribution in [2.24, 2.45) is 4.99 Å². The van der Waals surface area contributed by atoms with E-state index in [0.717, 1.165) is 16.8 Å². The van der Waals surface area contributed by atoms with Gasteiger partial charge in [0.15, 0.2) is 5.96 Å². The van der Waals surface area contributed by atoms with Gasteiger partial charge in [0, 0.05) is 32.1 Å². The van der Waals surface area contributed by atoms with E-state index in [9.17, 15) is 8.78 Å². The van der Waals surface area contributed by atoms with Crippen LogP contribution in [0.4, 0.5) is 8.78 Å². The fourth-order valence-corrected chi connectivity index (χ4v) is 2.68. The van der Waals surface area contributed by atoms with Crippen LogP contribution in [-0.2, 0) is 13.0 Å². The zero-order valence-electron chi connectivity index (χ0n) is 16.2. The van der Waals surface area contributed by atoms with Crippen molar-refractivity contribution in [3.63, 3.8) is 0 Å². The van der Waals surface area contributed by atoms with Crippen LogP contribution in [0.15, 0.2) is 58.1 Å². The molecule has 0 atom stereocenters. The Bertz CT molecular complexity index is 958. The topological polar surface area (TPSA) is 62.5 Å². The first kappa shape index (κ1) is 22.8. The molecule has 0 bridgehead atoms. The van der Waals surface area contributed by atoms with Crippen LogP contribution in [0, 0.1) is 18.6 Å². The molecular formula is C21H23F2IN4O. The Morgan fingerprint density at radius 2 is 1.86 bits per heavy atom. The second-order valence-corrected chi connectivity index (χ2v) is 6.34. The van der Waals surface area contributed by atoms with Crippen LogP contribution < -0.4 is 10.6 Å². The summed E-state index contributed by atoms with van der Waals surface area (Å²) >= 11 is 0. The van der Waals surface area contributed by atoms with Gasteiger partial charge in [-0.15, -0.1) is 24.0 Å². The Balaban J connectivity index is 0.00000300. The molecule has 8 heteroatoms. The molecule has 5 nitrogen and oxygen atoms in total. The second kappa shape index (κ2) is 10.9. The predicted molar refractivity (Wildman–Crippen MR) is 120 cm³/mol. The average Bonchev–Trinajstić information content (AvgIpc) is 3.16. The summed E-state index contributed by atoms with van der Waals surface area (Å²) in [6.07, 6.45) is 2.24. The summed E-state index contributed by atoms with van der Waals surface area (Å²) in [6, 6.07) is 11.0. The summed E-state index contributed by atoms with van der Waals surface area (Å²) in [5.74, 6) is 0.599. The normalized spacial score (nSPS) is 11.1. The molecule has 0 saturated carbocycles. The number of oxazole rings is 1. The fourth-order valence-electron chi connectivity index (χ4n) is 2.68. The summed E-state index contributed by atoms with van der Waals surface area (Å²) in [4.78, 5) is 8.60. The van der Waals surface area contributed by atoms with Crippen LogP contribution >= 0.6 is 24.0 Å².